The summed E-state index contributed by atoms with van der Waals surface area (Å²) >= 11 is 0. The van der Waals surface area contributed by atoms with Gasteiger partial charge in [0.15, 0.2) is 0 Å². The first-order chi connectivity index (χ1) is 6.99. The van der Waals surface area contributed by atoms with Gasteiger partial charge in [-0.15, -0.1) is 0 Å². The molecule has 0 aliphatic heterocycles. The summed E-state index contributed by atoms with van der Waals surface area (Å²) in [5.41, 5.74) is 11.4. The lowest BCUT2D eigenvalue weighted by Crippen LogP contribution is -2.36. The van der Waals surface area contributed by atoms with E-state index in [1.54, 1.807) is 6.92 Å². The van der Waals surface area contributed by atoms with Crippen LogP contribution in [0.15, 0.2) is 6.20 Å². The Morgan fingerprint density at radius 3 is 2.47 bits per heavy atom. The first-order valence-corrected chi connectivity index (χ1v) is 4.54. The highest BCUT2D eigenvalue weighted by molar-refractivity contribution is 5.57. The van der Waals surface area contributed by atoms with Crippen LogP contribution < -0.4 is 11.5 Å². The van der Waals surface area contributed by atoms with Crippen molar-refractivity contribution in [3.05, 3.63) is 6.20 Å². The average Bonchev–Trinajstić information content (AvgIpc) is 2.56. The van der Waals surface area contributed by atoms with Crippen molar-refractivity contribution in [2.45, 2.75) is 25.2 Å². The highest BCUT2D eigenvalue weighted by atomic mass is 16.4. The third kappa shape index (κ3) is 2.20. The van der Waals surface area contributed by atoms with E-state index in [0.29, 0.717) is 5.69 Å². The van der Waals surface area contributed by atoms with E-state index in [0.717, 1.165) is 0 Å². The van der Waals surface area contributed by atoms with Gasteiger partial charge >= 0.3 is 0 Å². The highest BCUT2D eigenvalue weighted by Gasteiger charge is 2.25. The molecular formula is C8H16N4O3. The molecule has 0 aromatic carbocycles. The van der Waals surface area contributed by atoms with E-state index in [9.17, 15) is 10.2 Å². The Morgan fingerprint density at radius 2 is 2.07 bits per heavy atom. The van der Waals surface area contributed by atoms with Crippen molar-refractivity contribution < 1.29 is 15.3 Å². The van der Waals surface area contributed by atoms with Crippen molar-refractivity contribution in [3.63, 3.8) is 0 Å². The zero-order chi connectivity index (χ0) is 11.6. The van der Waals surface area contributed by atoms with Crippen LogP contribution in [0.4, 0.5) is 11.5 Å². The summed E-state index contributed by atoms with van der Waals surface area (Å²) in [6.07, 6.45) is -1.02. The maximum Gasteiger partial charge on any atom is 0.145 e. The average molecular weight is 216 g/mol. The van der Waals surface area contributed by atoms with Crippen molar-refractivity contribution in [1.82, 2.24) is 9.78 Å². The maximum absolute atomic E-state index is 9.61. The number of aliphatic hydroxyl groups is 3. The predicted octanol–water partition coefficient (Wildman–Crippen LogP) is -1.68. The molecule has 0 aliphatic carbocycles. The van der Waals surface area contributed by atoms with Gasteiger partial charge in [-0.1, -0.05) is 0 Å². The fraction of sp³-hybridized carbons (Fsp3) is 0.625. The number of aromatic nitrogens is 2. The van der Waals surface area contributed by atoms with Gasteiger partial charge in [-0.05, 0) is 6.92 Å². The van der Waals surface area contributed by atoms with Crippen LogP contribution in [0.25, 0.3) is 0 Å². The molecule has 7 N–H and O–H groups in total. The number of rotatable bonds is 4. The van der Waals surface area contributed by atoms with Crippen LogP contribution in [0.2, 0.25) is 0 Å². The molecule has 3 unspecified atom stereocenters. The normalized spacial score (nSPS) is 17.3. The van der Waals surface area contributed by atoms with Gasteiger partial charge in [0, 0.05) is 0 Å². The minimum absolute atomic E-state index is 0.228. The van der Waals surface area contributed by atoms with Crippen LogP contribution in [0.5, 0.6) is 0 Å². The van der Waals surface area contributed by atoms with Crippen molar-refractivity contribution in [3.8, 4) is 0 Å². The standard InChI is InChI=1S/C8H16N4O3/c1-4(7(15)6(14)3-13)12-8(10)5(9)2-11-12/h2,4,6-7,13-15H,3,9-10H2,1H3. The topological polar surface area (TPSA) is 131 Å². The molecule has 1 heterocycles. The van der Waals surface area contributed by atoms with Gasteiger partial charge in [0.1, 0.15) is 18.0 Å². The van der Waals surface area contributed by atoms with Crippen molar-refractivity contribution >= 4 is 11.5 Å². The van der Waals surface area contributed by atoms with E-state index < -0.39 is 24.9 Å². The Morgan fingerprint density at radius 1 is 1.47 bits per heavy atom. The molecular weight excluding hydrogens is 200 g/mol. The van der Waals surface area contributed by atoms with E-state index in [4.69, 9.17) is 16.6 Å². The second-order valence-corrected chi connectivity index (χ2v) is 3.41. The van der Waals surface area contributed by atoms with Crippen LogP contribution in [-0.4, -0.2) is 43.9 Å². The molecule has 15 heavy (non-hydrogen) atoms. The summed E-state index contributed by atoms with van der Waals surface area (Å²) in [4.78, 5) is 0. The Balaban J connectivity index is 2.84. The number of hydrogen-bond acceptors (Lipinski definition) is 6. The van der Waals surface area contributed by atoms with Crippen LogP contribution >= 0.6 is 0 Å². The first-order valence-electron chi connectivity index (χ1n) is 4.54. The molecule has 0 saturated carbocycles. The van der Waals surface area contributed by atoms with Gasteiger partial charge < -0.3 is 26.8 Å². The molecule has 1 rings (SSSR count). The number of nitrogens with two attached hydrogens (primary N) is 2. The monoisotopic (exact) mass is 216 g/mol. The molecule has 0 spiro atoms. The van der Waals surface area contributed by atoms with Crippen LogP contribution in [0.1, 0.15) is 13.0 Å². The molecule has 0 aliphatic rings. The summed E-state index contributed by atoms with van der Waals surface area (Å²) in [5.74, 6) is 0.228. The zero-order valence-electron chi connectivity index (χ0n) is 8.41. The van der Waals surface area contributed by atoms with Gasteiger partial charge in [0.25, 0.3) is 0 Å². The lowest BCUT2D eigenvalue weighted by Gasteiger charge is -2.23. The molecule has 1 aromatic rings. The first kappa shape index (κ1) is 11.8. The number of hydrogen-bond donors (Lipinski definition) is 5. The summed E-state index contributed by atoms with van der Waals surface area (Å²) in [5, 5.41) is 31.4. The Bertz CT molecular complexity index is 328. The molecule has 0 amide bonds. The molecule has 0 bridgehead atoms. The number of aliphatic hydroxyl groups excluding tert-OH is 3. The molecule has 0 radical (unpaired) electrons. The molecule has 3 atom stereocenters. The molecule has 86 valence electrons. The number of nitrogens with zero attached hydrogens (tertiary/aromatic N) is 2. The van der Waals surface area contributed by atoms with Crippen molar-refractivity contribution in [2.75, 3.05) is 18.1 Å². The summed E-state index contributed by atoms with van der Waals surface area (Å²) < 4.78 is 1.30. The number of anilines is 2. The fourth-order valence-electron chi connectivity index (χ4n) is 1.28. The van der Waals surface area contributed by atoms with Gasteiger partial charge in [0.2, 0.25) is 0 Å². The smallest absolute Gasteiger partial charge is 0.145 e. The van der Waals surface area contributed by atoms with Crippen LogP contribution in [-0.2, 0) is 0 Å². The lowest BCUT2D eigenvalue weighted by molar-refractivity contribution is -0.0376. The molecule has 7 heteroatoms. The molecule has 7 nitrogen and oxygen atoms in total. The van der Waals surface area contributed by atoms with E-state index in [1.807, 2.05) is 0 Å². The maximum atomic E-state index is 9.61. The second kappa shape index (κ2) is 4.47. The van der Waals surface area contributed by atoms with Gasteiger partial charge in [-0.2, -0.15) is 5.10 Å². The van der Waals surface area contributed by atoms with E-state index in [-0.39, 0.29) is 5.82 Å². The van der Waals surface area contributed by atoms with E-state index >= 15 is 0 Å². The quantitative estimate of drug-likeness (QED) is 0.408. The summed E-state index contributed by atoms with van der Waals surface area (Å²) in [6.45, 7) is 1.09. The Kier molecular flexibility index (Phi) is 3.51. The Labute approximate surface area is 86.9 Å². The molecule has 1 aromatic heterocycles. The lowest BCUT2D eigenvalue weighted by atomic mass is 10.1. The summed E-state index contributed by atoms with van der Waals surface area (Å²) in [7, 11) is 0. The third-order valence-corrected chi connectivity index (χ3v) is 2.33. The molecule has 0 saturated heterocycles. The number of nitrogen functional groups attached to an aromatic ring is 2. The van der Waals surface area contributed by atoms with Gasteiger partial charge in [0.05, 0.1) is 24.5 Å². The van der Waals surface area contributed by atoms with Gasteiger partial charge in [-0.25, -0.2) is 4.68 Å². The SMILES string of the molecule is CC(C(O)C(O)CO)n1ncc(N)c1N. The largest absolute Gasteiger partial charge is 0.394 e. The van der Waals surface area contributed by atoms with Crippen LogP contribution in [0.3, 0.4) is 0 Å². The van der Waals surface area contributed by atoms with Gasteiger partial charge in [-0.3, -0.25) is 0 Å². The second-order valence-electron chi connectivity index (χ2n) is 3.41. The fourth-order valence-corrected chi connectivity index (χ4v) is 1.28. The summed E-state index contributed by atoms with van der Waals surface area (Å²) in [6, 6.07) is -0.565. The van der Waals surface area contributed by atoms with E-state index in [1.165, 1.54) is 10.9 Å². The van der Waals surface area contributed by atoms with E-state index in [2.05, 4.69) is 5.10 Å². The van der Waals surface area contributed by atoms with Crippen molar-refractivity contribution in [2.24, 2.45) is 0 Å². The molecule has 0 fully saturated rings. The predicted molar refractivity (Wildman–Crippen MR) is 54.9 cm³/mol. The highest BCUT2D eigenvalue weighted by Crippen LogP contribution is 2.21. The van der Waals surface area contributed by atoms with Crippen LogP contribution in [0, 0.1) is 0 Å². The zero-order valence-corrected chi connectivity index (χ0v) is 8.41. The van der Waals surface area contributed by atoms with Crippen molar-refractivity contribution in [1.29, 1.82) is 0 Å². The Hall–Kier alpha value is -1.31. The third-order valence-electron chi connectivity index (χ3n) is 2.33. The minimum atomic E-state index is -1.23. The minimum Gasteiger partial charge on any atom is -0.394 e.